The van der Waals surface area contributed by atoms with Gasteiger partial charge in [0.2, 0.25) is 5.91 Å². The van der Waals surface area contributed by atoms with Gasteiger partial charge in [-0.2, -0.15) is 5.26 Å². The van der Waals surface area contributed by atoms with Crippen LogP contribution in [0, 0.1) is 23.2 Å². The molecule has 1 heterocycles. The highest BCUT2D eigenvalue weighted by Gasteiger charge is 2.43. The lowest BCUT2D eigenvalue weighted by Gasteiger charge is -2.38. The number of carbonyl (C=O) groups excluding carboxylic acids is 1. The molecule has 94 valence electrons. The van der Waals surface area contributed by atoms with E-state index in [9.17, 15) is 4.79 Å². The van der Waals surface area contributed by atoms with Crippen molar-refractivity contribution in [3.8, 4) is 6.07 Å². The standard InChI is InChI=1S/C12H19N3O2/c1-12(8-13,10-2-3-10)14-11(17)6-15-4-9(5-15)7-16/h9-10,16H,2-7H2,1H3,(H,14,17). The minimum atomic E-state index is -0.696. The van der Waals surface area contributed by atoms with Gasteiger partial charge in [0.15, 0.2) is 0 Å². The van der Waals surface area contributed by atoms with Crippen molar-refractivity contribution < 1.29 is 9.90 Å². The summed E-state index contributed by atoms with van der Waals surface area (Å²) in [6.07, 6.45) is 2.06. The van der Waals surface area contributed by atoms with Gasteiger partial charge in [0, 0.05) is 25.6 Å². The summed E-state index contributed by atoms with van der Waals surface area (Å²) in [4.78, 5) is 13.8. The number of hydrogen-bond acceptors (Lipinski definition) is 4. The van der Waals surface area contributed by atoms with Gasteiger partial charge >= 0.3 is 0 Å². The zero-order valence-electron chi connectivity index (χ0n) is 10.1. The number of carbonyl (C=O) groups is 1. The second kappa shape index (κ2) is 4.63. The highest BCUT2D eigenvalue weighted by atomic mass is 16.3. The first-order valence-electron chi connectivity index (χ1n) is 6.13. The molecule has 2 aliphatic rings. The Hall–Kier alpha value is -1.12. The van der Waals surface area contributed by atoms with Gasteiger partial charge in [-0.25, -0.2) is 0 Å². The number of aliphatic hydroxyl groups excluding tert-OH is 1. The highest BCUT2D eigenvalue weighted by Crippen LogP contribution is 2.39. The summed E-state index contributed by atoms with van der Waals surface area (Å²) in [6, 6.07) is 2.21. The first kappa shape index (κ1) is 12.3. The molecular formula is C12H19N3O2. The third-order valence-corrected chi connectivity index (χ3v) is 3.68. The van der Waals surface area contributed by atoms with Crippen LogP contribution in [-0.2, 0) is 4.79 Å². The predicted octanol–water partition coefficient (Wildman–Crippen LogP) is -0.281. The van der Waals surface area contributed by atoms with Crippen LogP contribution in [0.25, 0.3) is 0 Å². The largest absolute Gasteiger partial charge is 0.396 e. The molecule has 1 saturated heterocycles. The maximum Gasteiger partial charge on any atom is 0.235 e. The molecule has 2 N–H and O–H groups in total. The average molecular weight is 237 g/mol. The normalized spacial score (nSPS) is 24.5. The Morgan fingerprint density at radius 2 is 2.24 bits per heavy atom. The van der Waals surface area contributed by atoms with Crippen LogP contribution in [0.5, 0.6) is 0 Å². The van der Waals surface area contributed by atoms with Crippen molar-refractivity contribution in [1.29, 1.82) is 5.26 Å². The Bertz CT molecular complexity index is 342. The quantitative estimate of drug-likeness (QED) is 0.689. The molecule has 5 heteroatoms. The molecule has 0 aromatic carbocycles. The molecule has 1 aliphatic heterocycles. The van der Waals surface area contributed by atoms with E-state index in [1.165, 1.54) is 0 Å². The smallest absolute Gasteiger partial charge is 0.235 e. The lowest BCUT2D eigenvalue weighted by atomic mass is 9.97. The Balaban J connectivity index is 1.76. The fourth-order valence-electron chi connectivity index (χ4n) is 2.34. The zero-order chi connectivity index (χ0) is 12.5. The second-order valence-electron chi connectivity index (χ2n) is 5.38. The van der Waals surface area contributed by atoms with Crippen molar-refractivity contribution in [1.82, 2.24) is 10.2 Å². The molecule has 0 aromatic rings. The van der Waals surface area contributed by atoms with Gasteiger partial charge in [-0.1, -0.05) is 0 Å². The predicted molar refractivity (Wildman–Crippen MR) is 61.9 cm³/mol. The lowest BCUT2D eigenvalue weighted by Crippen LogP contribution is -2.55. The Labute approximate surface area is 101 Å². The molecule has 17 heavy (non-hydrogen) atoms. The first-order chi connectivity index (χ1) is 8.07. The van der Waals surface area contributed by atoms with Crippen molar-refractivity contribution in [3.63, 3.8) is 0 Å². The SMILES string of the molecule is CC(C#N)(NC(=O)CN1CC(CO)C1)C1CC1. The summed E-state index contributed by atoms with van der Waals surface area (Å²) in [5, 5.41) is 20.8. The van der Waals surface area contributed by atoms with Gasteiger partial charge in [0.05, 0.1) is 12.6 Å². The summed E-state index contributed by atoms with van der Waals surface area (Å²) in [6.45, 7) is 3.87. The average Bonchev–Trinajstić information content (AvgIpc) is 3.06. The zero-order valence-corrected chi connectivity index (χ0v) is 10.1. The van der Waals surface area contributed by atoms with E-state index in [1.54, 1.807) is 6.92 Å². The molecule has 1 atom stereocenters. The van der Waals surface area contributed by atoms with Gasteiger partial charge < -0.3 is 10.4 Å². The van der Waals surface area contributed by atoms with Crippen LogP contribution in [0.4, 0.5) is 0 Å². The molecule has 0 aromatic heterocycles. The molecule has 0 spiro atoms. The number of likely N-dealkylation sites (tertiary alicyclic amines) is 1. The third kappa shape index (κ3) is 2.76. The van der Waals surface area contributed by atoms with Gasteiger partial charge in [-0.05, 0) is 25.7 Å². The van der Waals surface area contributed by atoms with Crippen molar-refractivity contribution in [2.45, 2.75) is 25.3 Å². The molecule has 1 amide bonds. The van der Waals surface area contributed by atoms with Crippen molar-refractivity contribution in [2.75, 3.05) is 26.2 Å². The van der Waals surface area contributed by atoms with Gasteiger partial charge in [0.1, 0.15) is 5.54 Å². The maximum atomic E-state index is 11.8. The van der Waals surface area contributed by atoms with Crippen LogP contribution < -0.4 is 5.32 Å². The molecule has 1 saturated carbocycles. The molecular weight excluding hydrogens is 218 g/mol. The topological polar surface area (TPSA) is 76.4 Å². The van der Waals surface area contributed by atoms with E-state index < -0.39 is 5.54 Å². The molecule has 2 fully saturated rings. The number of hydrogen-bond donors (Lipinski definition) is 2. The number of amides is 1. The summed E-state index contributed by atoms with van der Waals surface area (Å²) < 4.78 is 0. The van der Waals surface area contributed by atoms with E-state index in [-0.39, 0.29) is 12.5 Å². The minimum absolute atomic E-state index is 0.0858. The fourth-order valence-corrected chi connectivity index (χ4v) is 2.34. The van der Waals surface area contributed by atoms with Gasteiger partial charge in [-0.15, -0.1) is 0 Å². The molecule has 5 nitrogen and oxygen atoms in total. The lowest BCUT2D eigenvalue weighted by molar-refractivity contribution is -0.125. The summed E-state index contributed by atoms with van der Waals surface area (Å²) in [5.74, 6) is 0.545. The van der Waals surface area contributed by atoms with E-state index in [1.807, 2.05) is 4.90 Å². The number of nitriles is 1. The Morgan fingerprint density at radius 3 is 2.71 bits per heavy atom. The molecule has 1 aliphatic carbocycles. The van der Waals surface area contributed by atoms with E-state index in [0.29, 0.717) is 18.4 Å². The molecule has 0 bridgehead atoms. The van der Waals surface area contributed by atoms with Gasteiger partial charge in [0.25, 0.3) is 0 Å². The van der Waals surface area contributed by atoms with E-state index >= 15 is 0 Å². The van der Waals surface area contributed by atoms with Crippen molar-refractivity contribution in [3.05, 3.63) is 0 Å². The van der Waals surface area contributed by atoms with Crippen LogP contribution in [0.15, 0.2) is 0 Å². The molecule has 1 unspecified atom stereocenters. The van der Waals surface area contributed by atoms with Crippen LogP contribution in [0.1, 0.15) is 19.8 Å². The third-order valence-electron chi connectivity index (χ3n) is 3.68. The second-order valence-corrected chi connectivity index (χ2v) is 5.38. The Morgan fingerprint density at radius 1 is 1.59 bits per heavy atom. The maximum absolute atomic E-state index is 11.8. The van der Waals surface area contributed by atoms with Crippen LogP contribution >= 0.6 is 0 Å². The van der Waals surface area contributed by atoms with Crippen LogP contribution in [0.3, 0.4) is 0 Å². The summed E-state index contributed by atoms with van der Waals surface area (Å²) in [5.41, 5.74) is -0.696. The van der Waals surface area contributed by atoms with Crippen molar-refractivity contribution in [2.24, 2.45) is 11.8 Å². The number of nitrogens with zero attached hydrogens (tertiary/aromatic N) is 2. The summed E-state index contributed by atoms with van der Waals surface area (Å²) >= 11 is 0. The Kier molecular flexibility index (Phi) is 3.36. The monoisotopic (exact) mass is 237 g/mol. The number of nitrogens with one attached hydrogen (secondary N) is 1. The van der Waals surface area contributed by atoms with Crippen LogP contribution in [0.2, 0.25) is 0 Å². The first-order valence-corrected chi connectivity index (χ1v) is 6.13. The van der Waals surface area contributed by atoms with Crippen LogP contribution in [-0.4, -0.2) is 47.7 Å². The highest BCUT2D eigenvalue weighted by molar-refractivity contribution is 5.79. The molecule has 2 rings (SSSR count). The minimum Gasteiger partial charge on any atom is -0.396 e. The number of rotatable bonds is 5. The fraction of sp³-hybridized carbons (Fsp3) is 0.833. The molecule has 0 radical (unpaired) electrons. The number of aliphatic hydroxyl groups is 1. The van der Waals surface area contributed by atoms with E-state index in [4.69, 9.17) is 10.4 Å². The summed E-state index contributed by atoms with van der Waals surface area (Å²) in [7, 11) is 0. The van der Waals surface area contributed by atoms with Crippen molar-refractivity contribution >= 4 is 5.91 Å². The van der Waals surface area contributed by atoms with Gasteiger partial charge in [-0.3, -0.25) is 9.69 Å². The van der Waals surface area contributed by atoms with E-state index in [2.05, 4.69) is 11.4 Å². The van der Waals surface area contributed by atoms with E-state index in [0.717, 1.165) is 25.9 Å².